The average Bonchev–Trinajstić information content (AvgIpc) is 3.51. The quantitative estimate of drug-likeness (QED) is 0.151. The van der Waals surface area contributed by atoms with E-state index in [4.69, 9.17) is 67.5 Å². The number of amides is 1. The molecule has 0 unspecified atom stereocenters. The normalized spacial score (nSPS) is 11.3. The maximum Gasteiger partial charge on any atom is 0.250 e. The van der Waals surface area contributed by atoms with Gasteiger partial charge in [-0.05, 0) is 85.4 Å². The lowest BCUT2D eigenvalue weighted by Crippen LogP contribution is -2.33. The van der Waals surface area contributed by atoms with Crippen LogP contribution in [0.4, 0.5) is 5.69 Å². The summed E-state index contributed by atoms with van der Waals surface area (Å²) < 4.78 is 11.6. The van der Waals surface area contributed by atoms with Crippen LogP contribution in [0.15, 0.2) is 75.6 Å². The van der Waals surface area contributed by atoms with E-state index in [0.29, 0.717) is 59.9 Å². The molecule has 39 heavy (non-hydrogen) atoms. The number of anilines is 1. The minimum Gasteiger partial charge on any atom is -0.457 e. The number of fused-ring (bicyclic) bond motifs is 1. The molecule has 6 nitrogen and oxygen atoms in total. The van der Waals surface area contributed by atoms with E-state index in [1.165, 1.54) is 12.2 Å². The first-order valence-electron chi connectivity index (χ1n) is 11.4. The van der Waals surface area contributed by atoms with Crippen molar-refractivity contribution < 1.29 is 13.6 Å². The van der Waals surface area contributed by atoms with Crippen LogP contribution in [0, 0.1) is 6.92 Å². The van der Waals surface area contributed by atoms with E-state index >= 15 is 0 Å². The molecule has 2 N–H and O–H groups in total. The van der Waals surface area contributed by atoms with Crippen molar-refractivity contribution in [3.63, 3.8) is 0 Å². The van der Waals surface area contributed by atoms with Gasteiger partial charge in [-0.3, -0.25) is 10.1 Å². The molecule has 0 radical (unpaired) electrons. The van der Waals surface area contributed by atoms with Crippen molar-refractivity contribution in [2.75, 3.05) is 5.32 Å². The summed E-state index contributed by atoms with van der Waals surface area (Å²) in [6.07, 6.45) is 2.85. The van der Waals surface area contributed by atoms with Gasteiger partial charge in [0.15, 0.2) is 10.7 Å². The summed E-state index contributed by atoms with van der Waals surface area (Å²) in [7, 11) is 0. The second-order valence-electron chi connectivity index (χ2n) is 8.42. The van der Waals surface area contributed by atoms with Gasteiger partial charge in [0.25, 0.3) is 0 Å². The van der Waals surface area contributed by atoms with Gasteiger partial charge in [-0.2, -0.15) is 0 Å². The Morgan fingerprint density at radius 2 is 1.64 bits per heavy atom. The van der Waals surface area contributed by atoms with Crippen LogP contribution in [-0.2, 0) is 4.79 Å². The standard InChI is InChI=1S/C28H17Cl4N3O3S/c1-14-2-3-15(27-33-23-13-19(31)12-21(32)26(23)38-27)10-22(14)34-28(39)35-25(36)7-5-20-4-6-24(37-20)16-8-17(29)11-18(30)9-16/h2-13H,1H3,(H2,34,35,36,39)/b7-5+. The van der Waals surface area contributed by atoms with Crippen LogP contribution >= 0.6 is 58.6 Å². The monoisotopic (exact) mass is 615 g/mol. The summed E-state index contributed by atoms with van der Waals surface area (Å²) in [6, 6.07) is 17.4. The highest BCUT2D eigenvalue weighted by Gasteiger charge is 2.14. The maximum absolute atomic E-state index is 12.5. The van der Waals surface area contributed by atoms with Gasteiger partial charge < -0.3 is 14.2 Å². The van der Waals surface area contributed by atoms with E-state index in [1.54, 1.807) is 42.5 Å². The predicted molar refractivity (Wildman–Crippen MR) is 162 cm³/mol. The lowest BCUT2D eigenvalue weighted by Gasteiger charge is -2.11. The van der Waals surface area contributed by atoms with Crippen LogP contribution < -0.4 is 10.6 Å². The molecule has 0 saturated carbocycles. The number of aromatic nitrogens is 1. The molecule has 0 aliphatic carbocycles. The minimum absolute atomic E-state index is 0.117. The molecule has 0 aliphatic heterocycles. The Labute approximate surface area is 248 Å². The van der Waals surface area contributed by atoms with E-state index < -0.39 is 5.91 Å². The molecule has 0 saturated heterocycles. The Morgan fingerprint density at radius 3 is 2.41 bits per heavy atom. The summed E-state index contributed by atoms with van der Waals surface area (Å²) >= 11 is 29.8. The van der Waals surface area contributed by atoms with Crippen LogP contribution in [0.5, 0.6) is 0 Å². The number of nitrogens with zero attached hydrogens (tertiary/aromatic N) is 1. The highest BCUT2D eigenvalue weighted by Crippen LogP contribution is 2.33. The SMILES string of the molecule is Cc1ccc(-c2nc3cc(Cl)cc(Cl)c3o2)cc1NC(=S)NC(=O)/C=C/c1ccc(-c2cc(Cl)cc(Cl)c2)o1. The van der Waals surface area contributed by atoms with Crippen molar-refractivity contribution in [3.8, 4) is 22.8 Å². The molecule has 2 aromatic heterocycles. The van der Waals surface area contributed by atoms with Gasteiger partial charge >= 0.3 is 0 Å². The third kappa shape index (κ3) is 6.46. The molecule has 1 amide bonds. The number of furan rings is 1. The fourth-order valence-electron chi connectivity index (χ4n) is 3.73. The smallest absolute Gasteiger partial charge is 0.250 e. The van der Waals surface area contributed by atoms with E-state index in [0.717, 1.165) is 11.1 Å². The number of hydrogen-bond acceptors (Lipinski definition) is 5. The Balaban J connectivity index is 1.25. The van der Waals surface area contributed by atoms with Gasteiger partial charge in [-0.25, -0.2) is 4.98 Å². The first-order valence-corrected chi connectivity index (χ1v) is 13.3. The Morgan fingerprint density at radius 1 is 0.897 bits per heavy atom. The lowest BCUT2D eigenvalue weighted by atomic mass is 10.1. The molecular weight excluding hydrogens is 600 g/mol. The largest absolute Gasteiger partial charge is 0.457 e. The fraction of sp³-hybridized carbons (Fsp3) is 0.0357. The second kappa shape index (κ2) is 11.4. The van der Waals surface area contributed by atoms with E-state index in [9.17, 15) is 4.79 Å². The number of oxazole rings is 1. The maximum atomic E-state index is 12.5. The van der Waals surface area contributed by atoms with Crippen LogP contribution in [0.3, 0.4) is 0 Å². The predicted octanol–water partition coefficient (Wildman–Crippen LogP) is 9.20. The van der Waals surface area contributed by atoms with Crippen molar-refractivity contribution in [1.82, 2.24) is 10.3 Å². The van der Waals surface area contributed by atoms with Gasteiger partial charge in [0.1, 0.15) is 17.0 Å². The van der Waals surface area contributed by atoms with Gasteiger partial charge in [0.2, 0.25) is 11.8 Å². The van der Waals surface area contributed by atoms with Crippen LogP contribution in [0.25, 0.3) is 40.0 Å². The number of benzene rings is 3. The average molecular weight is 617 g/mol. The zero-order valence-electron chi connectivity index (χ0n) is 20.0. The molecule has 5 rings (SSSR count). The molecule has 0 bridgehead atoms. The van der Waals surface area contributed by atoms with Gasteiger partial charge in [-0.15, -0.1) is 0 Å². The number of rotatable bonds is 5. The molecule has 0 spiro atoms. The first kappa shape index (κ1) is 27.2. The van der Waals surface area contributed by atoms with E-state index in [1.807, 2.05) is 25.1 Å². The molecule has 2 heterocycles. The Bertz CT molecular complexity index is 1760. The van der Waals surface area contributed by atoms with Crippen molar-refractivity contribution in [2.24, 2.45) is 0 Å². The van der Waals surface area contributed by atoms with E-state index in [2.05, 4.69) is 15.6 Å². The number of halogens is 4. The van der Waals surface area contributed by atoms with Crippen molar-refractivity contribution in [2.45, 2.75) is 6.92 Å². The molecular formula is C28H17Cl4N3O3S. The van der Waals surface area contributed by atoms with Crippen molar-refractivity contribution >= 4 is 92.5 Å². The van der Waals surface area contributed by atoms with Crippen molar-refractivity contribution in [1.29, 1.82) is 0 Å². The third-order valence-corrected chi connectivity index (χ3v) is 6.69. The summed E-state index contributed by atoms with van der Waals surface area (Å²) in [4.78, 5) is 17.0. The van der Waals surface area contributed by atoms with Gasteiger partial charge in [0.05, 0.1) is 5.02 Å². The molecule has 0 atom stereocenters. The lowest BCUT2D eigenvalue weighted by molar-refractivity contribution is -0.115. The van der Waals surface area contributed by atoms with Crippen LogP contribution in [-0.4, -0.2) is 16.0 Å². The number of hydrogen-bond donors (Lipinski definition) is 2. The topological polar surface area (TPSA) is 80.3 Å². The molecule has 0 aliphatic rings. The molecule has 196 valence electrons. The molecule has 0 fully saturated rings. The number of carbonyl (C=O) groups is 1. The van der Waals surface area contributed by atoms with E-state index in [-0.39, 0.29) is 5.11 Å². The summed E-state index contributed by atoms with van der Waals surface area (Å²) in [5, 5.41) is 7.61. The number of aryl methyl sites for hydroxylation is 1. The van der Waals surface area contributed by atoms with Gasteiger partial charge in [-0.1, -0.05) is 52.5 Å². The highest BCUT2D eigenvalue weighted by atomic mass is 35.5. The summed E-state index contributed by atoms with van der Waals surface area (Å²) in [5.74, 6) is 0.971. The minimum atomic E-state index is -0.435. The van der Waals surface area contributed by atoms with Crippen LogP contribution in [0.1, 0.15) is 11.3 Å². The Kier molecular flexibility index (Phi) is 7.98. The highest BCUT2D eigenvalue weighted by molar-refractivity contribution is 7.80. The zero-order chi connectivity index (χ0) is 27.7. The second-order valence-corrected chi connectivity index (χ2v) is 10.5. The zero-order valence-corrected chi connectivity index (χ0v) is 23.9. The Hall–Kier alpha value is -3.33. The fourth-order valence-corrected chi connectivity index (χ4v) is 4.99. The van der Waals surface area contributed by atoms with Crippen molar-refractivity contribution in [3.05, 3.63) is 98.2 Å². The number of nitrogens with one attached hydrogen (secondary N) is 2. The van der Waals surface area contributed by atoms with Gasteiger partial charge in [0, 0.05) is 38.0 Å². The number of thiocarbonyl (C=S) groups is 1. The summed E-state index contributed by atoms with van der Waals surface area (Å²) in [5.41, 5.74) is 3.98. The molecule has 5 aromatic rings. The first-order chi connectivity index (χ1) is 18.6. The number of carbonyl (C=O) groups excluding carboxylic acids is 1. The molecule has 11 heteroatoms. The van der Waals surface area contributed by atoms with Crippen LogP contribution in [0.2, 0.25) is 20.1 Å². The third-order valence-electron chi connectivity index (χ3n) is 5.55. The summed E-state index contributed by atoms with van der Waals surface area (Å²) in [6.45, 7) is 1.90. The molecule has 3 aromatic carbocycles.